The quantitative estimate of drug-likeness (QED) is 0.892. The molecule has 4 nitrogen and oxygen atoms in total. The summed E-state index contributed by atoms with van der Waals surface area (Å²) in [6, 6.07) is 3.49. The summed E-state index contributed by atoms with van der Waals surface area (Å²) >= 11 is 6.05. The van der Waals surface area contributed by atoms with Crippen molar-refractivity contribution in [3.05, 3.63) is 22.8 Å². The van der Waals surface area contributed by atoms with Gasteiger partial charge in [0.1, 0.15) is 11.5 Å². The maximum Gasteiger partial charge on any atom is 0.273 e. The molecule has 0 saturated heterocycles. The van der Waals surface area contributed by atoms with Gasteiger partial charge in [0.2, 0.25) is 0 Å². The van der Waals surface area contributed by atoms with Gasteiger partial charge >= 0.3 is 0 Å². The Morgan fingerprint density at radius 2 is 2.28 bits per heavy atom. The van der Waals surface area contributed by atoms with Gasteiger partial charge < -0.3 is 10.2 Å². The number of hydrogen-bond acceptors (Lipinski definition) is 3. The van der Waals surface area contributed by atoms with Gasteiger partial charge in [-0.15, -0.1) is 0 Å². The van der Waals surface area contributed by atoms with Gasteiger partial charge in [0.15, 0.2) is 0 Å². The Bertz CT molecular complexity index is 446. The van der Waals surface area contributed by atoms with Gasteiger partial charge in [-0.3, -0.25) is 4.79 Å². The lowest BCUT2D eigenvalue weighted by Crippen LogP contribution is -2.29. The molecule has 1 aromatic heterocycles. The third-order valence-corrected chi connectivity index (χ3v) is 3.29. The average Bonchev–Trinajstić information content (AvgIpc) is 3.15. The molecule has 1 fully saturated rings. The van der Waals surface area contributed by atoms with Crippen LogP contribution in [0.25, 0.3) is 0 Å². The van der Waals surface area contributed by atoms with Crippen LogP contribution in [0.2, 0.25) is 5.02 Å². The molecule has 1 saturated carbocycles. The van der Waals surface area contributed by atoms with E-state index in [0.717, 1.165) is 13.1 Å². The fourth-order valence-corrected chi connectivity index (χ4v) is 2.01. The van der Waals surface area contributed by atoms with E-state index < -0.39 is 0 Å². The summed E-state index contributed by atoms with van der Waals surface area (Å²) in [5.41, 5.74) is 0.332. The molecule has 0 spiro atoms. The number of aromatic nitrogens is 1. The van der Waals surface area contributed by atoms with Crippen LogP contribution in [-0.2, 0) is 0 Å². The number of rotatable bonds is 5. The molecular weight excluding hydrogens is 250 g/mol. The minimum atomic E-state index is -0.105. The summed E-state index contributed by atoms with van der Waals surface area (Å²) in [5, 5.41) is 3.49. The Balaban J connectivity index is 2.13. The number of hydrogen-bond donors (Lipinski definition) is 1. The molecule has 1 heterocycles. The fourth-order valence-electron chi connectivity index (χ4n) is 1.82. The molecule has 0 bridgehead atoms. The first-order chi connectivity index (χ1) is 8.61. The third kappa shape index (κ3) is 3.13. The molecule has 0 radical (unpaired) electrons. The SMILES string of the molecule is CCNc1ccc(Cl)c(C(=O)N(C)CC2CC2)n1. The van der Waals surface area contributed by atoms with Crippen LogP contribution < -0.4 is 5.32 Å². The second-order valence-corrected chi connectivity index (χ2v) is 5.09. The number of halogens is 1. The molecule has 0 atom stereocenters. The number of anilines is 1. The molecule has 0 aromatic carbocycles. The predicted molar refractivity (Wildman–Crippen MR) is 73.1 cm³/mol. The van der Waals surface area contributed by atoms with Crippen molar-refractivity contribution in [1.29, 1.82) is 0 Å². The van der Waals surface area contributed by atoms with E-state index in [4.69, 9.17) is 11.6 Å². The minimum Gasteiger partial charge on any atom is -0.370 e. The van der Waals surface area contributed by atoms with Crippen LogP contribution in [0.5, 0.6) is 0 Å². The molecule has 1 aliphatic rings. The van der Waals surface area contributed by atoms with Crippen LogP contribution in [0, 0.1) is 5.92 Å². The van der Waals surface area contributed by atoms with E-state index >= 15 is 0 Å². The van der Waals surface area contributed by atoms with Crippen LogP contribution >= 0.6 is 11.6 Å². The Labute approximate surface area is 112 Å². The fraction of sp³-hybridized carbons (Fsp3) is 0.538. The number of nitrogens with one attached hydrogen (secondary N) is 1. The smallest absolute Gasteiger partial charge is 0.273 e. The third-order valence-electron chi connectivity index (χ3n) is 2.98. The summed E-state index contributed by atoms with van der Waals surface area (Å²) in [6.07, 6.45) is 2.44. The Kier molecular flexibility index (Phi) is 4.07. The van der Waals surface area contributed by atoms with Crippen molar-refractivity contribution >= 4 is 23.3 Å². The van der Waals surface area contributed by atoms with Crippen molar-refractivity contribution < 1.29 is 4.79 Å². The topological polar surface area (TPSA) is 45.2 Å². The van der Waals surface area contributed by atoms with E-state index in [9.17, 15) is 4.79 Å². The van der Waals surface area contributed by atoms with Gasteiger partial charge in [-0.25, -0.2) is 4.98 Å². The standard InChI is InChI=1S/C13H18ClN3O/c1-3-15-11-7-6-10(14)12(16-11)13(18)17(2)8-9-4-5-9/h6-7,9H,3-5,8H2,1-2H3,(H,15,16). The largest absolute Gasteiger partial charge is 0.370 e. The van der Waals surface area contributed by atoms with E-state index in [-0.39, 0.29) is 5.91 Å². The van der Waals surface area contributed by atoms with Gasteiger partial charge in [-0.1, -0.05) is 11.6 Å². The number of carbonyl (C=O) groups is 1. The maximum atomic E-state index is 12.2. The second kappa shape index (κ2) is 5.57. The van der Waals surface area contributed by atoms with Gasteiger partial charge in [0, 0.05) is 20.1 Å². The lowest BCUT2D eigenvalue weighted by atomic mass is 10.3. The predicted octanol–water partition coefficient (Wildman–Crippen LogP) is 2.65. The summed E-state index contributed by atoms with van der Waals surface area (Å²) in [4.78, 5) is 18.2. The van der Waals surface area contributed by atoms with E-state index in [0.29, 0.717) is 22.5 Å². The number of carbonyl (C=O) groups excluding carboxylic acids is 1. The van der Waals surface area contributed by atoms with Gasteiger partial charge in [0.05, 0.1) is 5.02 Å². The van der Waals surface area contributed by atoms with E-state index in [1.54, 1.807) is 24.1 Å². The Morgan fingerprint density at radius 1 is 1.56 bits per heavy atom. The normalized spacial score (nSPS) is 14.4. The molecule has 18 heavy (non-hydrogen) atoms. The van der Waals surface area contributed by atoms with Crippen molar-refractivity contribution in [3.8, 4) is 0 Å². The lowest BCUT2D eigenvalue weighted by Gasteiger charge is -2.17. The molecule has 0 aliphatic heterocycles. The van der Waals surface area contributed by atoms with Crippen LogP contribution in [0.15, 0.2) is 12.1 Å². The summed E-state index contributed by atoms with van der Waals surface area (Å²) < 4.78 is 0. The van der Waals surface area contributed by atoms with Crippen LogP contribution in [0.3, 0.4) is 0 Å². The minimum absolute atomic E-state index is 0.105. The van der Waals surface area contributed by atoms with Crippen LogP contribution in [0.4, 0.5) is 5.82 Å². The average molecular weight is 268 g/mol. The highest BCUT2D eigenvalue weighted by molar-refractivity contribution is 6.33. The molecule has 98 valence electrons. The molecule has 2 rings (SSSR count). The summed E-state index contributed by atoms with van der Waals surface area (Å²) in [7, 11) is 1.80. The van der Waals surface area contributed by atoms with Crippen molar-refractivity contribution in [1.82, 2.24) is 9.88 Å². The van der Waals surface area contributed by atoms with Crippen molar-refractivity contribution in [3.63, 3.8) is 0 Å². The zero-order valence-electron chi connectivity index (χ0n) is 10.7. The summed E-state index contributed by atoms with van der Waals surface area (Å²) in [5.74, 6) is 1.24. The highest BCUT2D eigenvalue weighted by Gasteiger charge is 2.26. The monoisotopic (exact) mass is 267 g/mol. The first-order valence-electron chi connectivity index (χ1n) is 6.27. The number of pyridine rings is 1. The highest BCUT2D eigenvalue weighted by Crippen LogP contribution is 2.30. The maximum absolute atomic E-state index is 12.2. The lowest BCUT2D eigenvalue weighted by molar-refractivity contribution is 0.0783. The second-order valence-electron chi connectivity index (χ2n) is 4.69. The van der Waals surface area contributed by atoms with Crippen molar-refractivity contribution in [2.24, 2.45) is 5.92 Å². The number of amides is 1. The van der Waals surface area contributed by atoms with Crippen LogP contribution in [0.1, 0.15) is 30.3 Å². The van der Waals surface area contributed by atoms with Crippen LogP contribution in [-0.4, -0.2) is 35.9 Å². The number of nitrogens with zero attached hydrogens (tertiary/aromatic N) is 2. The van der Waals surface area contributed by atoms with E-state index in [1.807, 2.05) is 6.92 Å². The molecule has 1 aliphatic carbocycles. The molecule has 0 unspecified atom stereocenters. The van der Waals surface area contributed by atoms with Gasteiger partial charge in [-0.05, 0) is 37.8 Å². The first-order valence-corrected chi connectivity index (χ1v) is 6.65. The molecule has 1 N–H and O–H groups in total. The first kappa shape index (κ1) is 13.1. The zero-order chi connectivity index (χ0) is 13.1. The molecular formula is C13H18ClN3O. The molecule has 1 amide bonds. The Hall–Kier alpha value is -1.29. The molecule has 5 heteroatoms. The van der Waals surface area contributed by atoms with E-state index in [2.05, 4.69) is 10.3 Å². The van der Waals surface area contributed by atoms with Crippen molar-refractivity contribution in [2.75, 3.05) is 25.5 Å². The van der Waals surface area contributed by atoms with E-state index in [1.165, 1.54) is 12.8 Å². The van der Waals surface area contributed by atoms with Gasteiger partial charge in [-0.2, -0.15) is 0 Å². The zero-order valence-corrected chi connectivity index (χ0v) is 11.5. The van der Waals surface area contributed by atoms with Gasteiger partial charge in [0.25, 0.3) is 5.91 Å². The Morgan fingerprint density at radius 3 is 2.89 bits per heavy atom. The highest BCUT2D eigenvalue weighted by atomic mass is 35.5. The summed E-state index contributed by atoms with van der Waals surface area (Å²) in [6.45, 7) is 3.54. The molecule has 1 aromatic rings. The van der Waals surface area contributed by atoms with Crippen molar-refractivity contribution in [2.45, 2.75) is 19.8 Å².